The lowest BCUT2D eigenvalue weighted by Gasteiger charge is -2.25. The first-order chi connectivity index (χ1) is 25.2. The molecule has 0 radical (unpaired) electrons. The van der Waals surface area contributed by atoms with Crippen LogP contribution in [-0.2, 0) is 29.3 Å². The summed E-state index contributed by atoms with van der Waals surface area (Å²) in [6.07, 6.45) is 2.52. The predicted octanol–water partition coefficient (Wildman–Crippen LogP) is 7.87. The highest BCUT2D eigenvalue weighted by atomic mass is 35.5. The van der Waals surface area contributed by atoms with Crippen molar-refractivity contribution in [3.05, 3.63) is 154 Å². The van der Waals surface area contributed by atoms with Gasteiger partial charge in [0.15, 0.2) is 11.0 Å². The fourth-order valence-electron chi connectivity index (χ4n) is 6.88. The van der Waals surface area contributed by atoms with E-state index < -0.39 is 16.0 Å². The lowest BCUT2D eigenvalue weighted by Crippen LogP contribution is -2.27. The zero-order valence-corrected chi connectivity index (χ0v) is 29.8. The highest BCUT2D eigenvalue weighted by Gasteiger charge is 2.27. The minimum atomic E-state index is -4.04. The minimum absolute atomic E-state index is 0.0579. The number of carboxylic acid groups (broad SMARTS) is 1. The Balaban J connectivity index is 1.30. The van der Waals surface area contributed by atoms with Crippen LogP contribution in [0.5, 0.6) is 5.75 Å². The van der Waals surface area contributed by atoms with Crippen molar-refractivity contribution in [2.45, 2.75) is 36.6 Å². The third-order valence-electron chi connectivity index (χ3n) is 9.27. The highest BCUT2D eigenvalue weighted by molar-refractivity contribution is 7.89. The van der Waals surface area contributed by atoms with Gasteiger partial charge in [-0.15, -0.1) is 0 Å². The van der Waals surface area contributed by atoms with E-state index in [2.05, 4.69) is 43.9 Å². The number of ether oxygens (including phenoxy) is 1. The van der Waals surface area contributed by atoms with Gasteiger partial charge in [0, 0.05) is 34.6 Å². The van der Waals surface area contributed by atoms with Crippen LogP contribution in [0.25, 0.3) is 21.9 Å². The molecule has 5 aromatic carbocycles. The quantitative estimate of drug-likeness (QED) is 0.115. The van der Waals surface area contributed by atoms with Gasteiger partial charge < -0.3 is 14.4 Å². The van der Waals surface area contributed by atoms with E-state index in [1.165, 1.54) is 19.2 Å². The lowest BCUT2D eigenvalue weighted by molar-refractivity contribution is 0.0697. The van der Waals surface area contributed by atoms with Gasteiger partial charge in [-0.25, -0.2) is 22.6 Å². The Morgan fingerprint density at radius 3 is 2.19 bits per heavy atom. The van der Waals surface area contributed by atoms with E-state index in [-0.39, 0.29) is 34.1 Å². The Labute approximate surface area is 305 Å². The SMILES string of the molecule is COc1ccc(S(=O)(=O)NCCc2c(CCCc3ccc(C(=O)O)cc3)c3cc(Cl)ccc3n2C(c2ccccc2)c2ccccc2)c2nonc12. The van der Waals surface area contributed by atoms with Gasteiger partial charge in [0.25, 0.3) is 0 Å². The van der Waals surface area contributed by atoms with Gasteiger partial charge in [0.05, 0.1) is 18.7 Å². The van der Waals surface area contributed by atoms with Gasteiger partial charge in [0.1, 0.15) is 10.6 Å². The molecule has 0 saturated carbocycles. The number of carbonyl (C=O) groups is 1. The lowest BCUT2D eigenvalue weighted by atomic mass is 9.97. The number of nitrogens with zero attached hydrogens (tertiary/aromatic N) is 3. The van der Waals surface area contributed by atoms with Crippen LogP contribution in [0.1, 0.15) is 50.8 Å². The van der Waals surface area contributed by atoms with E-state index in [4.69, 9.17) is 21.0 Å². The molecule has 10 nitrogen and oxygen atoms in total. The van der Waals surface area contributed by atoms with Crippen LogP contribution in [0.15, 0.2) is 125 Å². The number of carboxylic acids is 1. The molecule has 2 aromatic heterocycles. The molecule has 0 spiro atoms. The van der Waals surface area contributed by atoms with Crippen molar-refractivity contribution in [2.24, 2.45) is 0 Å². The zero-order chi connectivity index (χ0) is 36.2. The van der Waals surface area contributed by atoms with Gasteiger partial charge in [-0.1, -0.05) is 84.4 Å². The second kappa shape index (κ2) is 15.0. The Morgan fingerprint density at radius 1 is 0.865 bits per heavy atom. The summed E-state index contributed by atoms with van der Waals surface area (Å²) in [7, 11) is -2.58. The normalized spacial score (nSPS) is 11.8. The Kier molecular flexibility index (Phi) is 10.1. The fraction of sp³-hybridized carbons (Fsp3) is 0.175. The summed E-state index contributed by atoms with van der Waals surface area (Å²) in [4.78, 5) is 11.3. The molecular formula is C40H35ClN4O6S. The molecule has 0 unspecified atom stereocenters. The van der Waals surface area contributed by atoms with Crippen LogP contribution in [-0.4, -0.2) is 48.0 Å². The van der Waals surface area contributed by atoms with Crippen LogP contribution < -0.4 is 9.46 Å². The van der Waals surface area contributed by atoms with Crippen LogP contribution >= 0.6 is 11.6 Å². The van der Waals surface area contributed by atoms with E-state index in [0.29, 0.717) is 23.6 Å². The maximum Gasteiger partial charge on any atom is 0.335 e. The van der Waals surface area contributed by atoms with Crippen molar-refractivity contribution in [1.82, 2.24) is 19.6 Å². The molecule has 12 heteroatoms. The van der Waals surface area contributed by atoms with Gasteiger partial charge in [-0.3, -0.25) is 0 Å². The van der Waals surface area contributed by atoms with Crippen molar-refractivity contribution in [3.63, 3.8) is 0 Å². The number of hydrogen-bond acceptors (Lipinski definition) is 7. The number of benzene rings is 5. The molecule has 0 saturated heterocycles. The van der Waals surface area contributed by atoms with Gasteiger partial charge in [0.2, 0.25) is 10.0 Å². The minimum Gasteiger partial charge on any atom is -0.494 e. The largest absolute Gasteiger partial charge is 0.494 e. The molecule has 0 atom stereocenters. The molecule has 264 valence electrons. The van der Waals surface area contributed by atoms with E-state index in [1.807, 2.05) is 66.7 Å². The van der Waals surface area contributed by atoms with Crippen LogP contribution in [0, 0.1) is 0 Å². The number of rotatable bonds is 14. The van der Waals surface area contributed by atoms with Crippen molar-refractivity contribution in [2.75, 3.05) is 13.7 Å². The summed E-state index contributed by atoms with van der Waals surface area (Å²) < 4.78 is 42.8. The molecule has 0 bridgehead atoms. The number of nitrogens with one attached hydrogen (secondary N) is 1. The van der Waals surface area contributed by atoms with Crippen LogP contribution in [0.2, 0.25) is 5.02 Å². The molecule has 52 heavy (non-hydrogen) atoms. The van der Waals surface area contributed by atoms with Crippen LogP contribution in [0.3, 0.4) is 0 Å². The summed E-state index contributed by atoms with van der Waals surface area (Å²) >= 11 is 6.65. The number of aryl methyl sites for hydroxylation is 2. The van der Waals surface area contributed by atoms with E-state index in [1.54, 1.807) is 12.1 Å². The van der Waals surface area contributed by atoms with Gasteiger partial charge >= 0.3 is 5.97 Å². The first-order valence-electron chi connectivity index (χ1n) is 16.8. The number of aromatic nitrogens is 3. The molecule has 2 heterocycles. The molecular weight excluding hydrogens is 700 g/mol. The Morgan fingerprint density at radius 2 is 1.54 bits per heavy atom. The number of hydrogen-bond donors (Lipinski definition) is 2. The van der Waals surface area contributed by atoms with Crippen molar-refractivity contribution in [3.8, 4) is 5.75 Å². The third-order valence-corrected chi connectivity index (χ3v) is 11.0. The smallest absolute Gasteiger partial charge is 0.335 e. The topological polar surface area (TPSA) is 137 Å². The molecule has 0 fully saturated rings. The summed E-state index contributed by atoms with van der Waals surface area (Å²) in [6, 6.07) is 36.1. The van der Waals surface area contributed by atoms with Crippen molar-refractivity contribution in [1.29, 1.82) is 0 Å². The number of aromatic carboxylic acids is 1. The average Bonchev–Trinajstić information content (AvgIpc) is 3.76. The third kappa shape index (κ3) is 7.03. The molecule has 0 amide bonds. The first-order valence-corrected chi connectivity index (χ1v) is 18.6. The van der Waals surface area contributed by atoms with Crippen molar-refractivity contribution < 1.29 is 27.7 Å². The monoisotopic (exact) mass is 734 g/mol. The van der Waals surface area contributed by atoms with Gasteiger partial charge in [-0.2, -0.15) is 0 Å². The Bertz CT molecular complexity index is 2430. The molecule has 0 aliphatic carbocycles. The average molecular weight is 735 g/mol. The fourth-order valence-corrected chi connectivity index (χ4v) is 8.21. The predicted molar refractivity (Wildman–Crippen MR) is 200 cm³/mol. The summed E-state index contributed by atoms with van der Waals surface area (Å²) in [6.45, 7) is 0.0884. The molecule has 2 N–H and O–H groups in total. The van der Waals surface area contributed by atoms with Crippen LogP contribution in [0.4, 0.5) is 0 Å². The first kappa shape index (κ1) is 34.9. The van der Waals surface area contributed by atoms with E-state index in [0.717, 1.165) is 51.7 Å². The second-order valence-electron chi connectivity index (χ2n) is 12.4. The number of fused-ring (bicyclic) bond motifs is 2. The Hall–Kier alpha value is -5.49. The molecule has 7 aromatic rings. The maximum absolute atomic E-state index is 13.8. The van der Waals surface area contributed by atoms with E-state index >= 15 is 0 Å². The number of halogens is 1. The zero-order valence-electron chi connectivity index (χ0n) is 28.2. The summed E-state index contributed by atoms with van der Waals surface area (Å²) in [5, 5.41) is 18.6. The van der Waals surface area contributed by atoms with E-state index in [9.17, 15) is 18.3 Å². The second-order valence-corrected chi connectivity index (χ2v) is 14.6. The standard InChI is InChI=1S/C40H35ClN4O6S/c1-50-35-21-22-36(38-37(35)43-51-44-38)52(48,49)42-24-23-34-31(14-8-9-26-15-17-29(18-16-26)40(46)47)32-25-30(41)19-20-33(32)45(34)39(27-10-4-2-5-11-27)28-12-6-3-7-13-28/h2-7,10-13,15-22,25,39,42H,8-9,14,23-24H2,1H3,(H,46,47). The number of sulfonamides is 1. The molecule has 0 aliphatic rings. The summed E-state index contributed by atoms with van der Waals surface area (Å²) in [5.41, 5.74) is 6.75. The number of methoxy groups -OCH3 is 1. The highest BCUT2D eigenvalue weighted by Crippen LogP contribution is 2.38. The molecule has 7 rings (SSSR count). The summed E-state index contributed by atoms with van der Waals surface area (Å²) in [5.74, 6) is -0.606. The maximum atomic E-state index is 13.8. The van der Waals surface area contributed by atoms with Gasteiger partial charge in [-0.05, 0) is 94.3 Å². The van der Waals surface area contributed by atoms with Crippen molar-refractivity contribution >= 4 is 49.5 Å². The molecule has 0 aliphatic heterocycles.